The third-order valence-electron chi connectivity index (χ3n) is 1.43. The lowest BCUT2D eigenvalue weighted by molar-refractivity contribution is -0.109. The molecule has 0 aromatic carbocycles. The van der Waals surface area contributed by atoms with E-state index in [1.165, 1.54) is 11.8 Å². The molecule has 0 fully saturated rings. The van der Waals surface area contributed by atoms with Crippen molar-refractivity contribution >= 4 is 24.3 Å². The van der Waals surface area contributed by atoms with Crippen LogP contribution < -0.4 is 11.5 Å². The van der Waals surface area contributed by atoms with E-state index in [-0.39, 0.29) is 5.25 Å². The summed E-state index contributed by atoms with van der Waals surface area (Å²) in [7, 11) is 0. The van der Waals surface area contributed by atoms with E-state index in [2.05, 4.69) is 0 Å². The van der Waals surface area contributed by atoms with Crippen molar-refractivity contribution in [2.24, 2.45) is 11.5 Å². The second-order valence-corrected chi connectivity index (χ2v) is 3.96. The largest absolute Gasteiger partial charge is 0.321 e. The van der Waals surface area contributed by atoms with Gasteiger partial charge in [0.1, 0.15) is 12.6 Å². The Bertz CT molecular complexity index is 154. The highest BCUT2D eigenvalue weighted by Crippen LogP contribution is 2.12. The lowest BCUT2D eigenvalue weighted by Crippen LogP contribution is -2.34. The Hall–Kier alpha value is -0.390. The summed E-state index contributed by atoms with van der Waals surface area (Å²) in [6, 6.07) is -0.940. The first-order valence-electron chi connectivity index (χ1n) is 3.65. The first kappa shape index (κ1) is 11.6. The number of carbonyl (C=O) groups excluding carboxylic acids is 2. The van der Waals surface area contributed by atoms with Crippen LogP contribution in [0, 0.1) is 0 Å². The minimum atomic E-state index is -0.478. The van der Waals surface area contributed by atoms with Gasteiger partial charge in [-0.3, -0.25) is 0 Å². The zero-order valence-electron chi connectivity index (χ0n) is 6.97. The van der Waals surface area contributed by atoms with Crippen molar-refractivity contribution in [3.05, 3.63) is 0 Å². The highest BCUT2D eigenvalue weighted by Gasteiger charge is 2.13. The van der Waals surface area contributed by atoms with E-state index in [0.29, 0.717) is 18.3 Å². The van der Waals surface area contributed by atoms with Gasteiger partial charge in [-0.15, -0.1) is 0 Å². The molecule has 0 saturated carbocycles. The van der Waals surface area contributed by atoms with Crippen molar-refractivity contribution in [3.63, 3.8) is 0 Å². The van der Waals surface area contributed by atoms with Crippen molar-refractivity contribution in [1.29, 1.82) is 0 Å². The minimum absolute atomic E-state index is 0.00787. The van der Waals surface area contributed by atoms with E-state index in [4.69, 9.17) is 11.5 Å². The number of thioether (sulfide) groups is 1. The van der Waals surface area contributed by atoms with Crippen LogP contribution >= 0.6 is 11.8 Å². The molecule has 0 bridgehead atoms. The van der Waals surface area contributed by atoms with Gasteiger partial charge in [-0.1, -0.05) is 6.92 Å². The summed E-state index contributed by atoms with van der Waals surface area (Å²) in [6.07, 6.45) is 1.39. The molecule has 0 rings (SSSR count). The highest BCUT2D eigenvalue weighted by atomic mass is 32.2. The Morgan fingerprint density at radius 1 is 1.33 bits per heavy atom. The van der Waals surface area contributed by atoms with Gasteiger partial charge in [-0.25, -0.2) is 0 Å². The van der Waals surface area contributed by atoms with Crippen LogP contribution in [-0.2, 0) is 9.59 Å². The zero-order chi connectivity index (χ0) is 9.56. The van der Waals surface area contributed by atoms with Gasteiger partial charge in [0.05, 0.1) is 12.1 Å². The quantitative estimate of drug-likeness (QED) is 0.533. The average Bonchev–Trinajstić information content (AvgIpc) is 2.11. The minimum Gasteiger partial charge on any atom is -0.321 e. The molecule has 0 saturated heterocycles. The standard InChI is InChI=1S/C7H14N2O2S/c1-5(7(9)3-11)12-4-6(8)2-10/h2-3,5-7H,4,8-9H2,1H3/t5-,6+,7-/m0/s1. The molecule has 0 unspecified atom stereocenters. The van der Waals surface area contributed by atoms with Crippen molar-refractivity contribution in [1.82, 2.24) is 0 Å². The second kappa shape index (κ2) is 6.16. The van der Waals surface area contributed by atoms with E-state index >= 15 is 0 Å². The maximum Gasteiger partial charge on any atom is 0.137 e. The van der Waals surface area contributed by atoms with Gasteiger partial charge in [-0.2, -0.15) is 11.8 Å². The van der Waals surface area contributed by atoms with Crippen molar-refractivity contribution < 1.29 is 9.59 Å². The molecule has 12 heavy (non-hydrogen) atoms. The highest BCUT2D eigenvalue weighted by molar-refractivity contribution is 8.00. The van der Waals surface area contributed by atoms with Crippen LogP contribution in [0.1, 0.15) is 6.92 Å². The van der Waals surface area contributed by atoms with E-state index < -0.39 is 12.1 Å². The van der Waals surface area contributed by atoms with Crippen LogP contribution in [0.3, 0.4) is 0 Å². The maximum atomic E-state index is 10.2. The topological polar surface area (TPSA) is 86.2 Å². The molecule has 3 atom stereocenters. The van der Waals surface area contributed by atoms with E-state index in [1.54, 1.807) is 0 Å². The van der Waals surface area contributed by atoms with Gasteiger partial charge in [-0.05, 0) is 0 Å². The van der Waals surface area contributed by atoms with E-state index in [1.807, 2.05) is 6.92 Å². The number of rotatable bonds is 6. The van der Waals surface area contributed by atoms with Crippen LogP contribution in [-0.4, -0.2) is 35.7 Å². The predicted molar refractivity (Wildman–Crippen MR) is 50.0 cm³/mol. The molecule has 0 amide bonds. The number of hydrogen-bond donors (Lipinski definition) is 2. The van der Waals surface area contributed by atoms with Gasteiger partial charge >= 0.3 is 0 Å². The zero-order valence-corrected chi connectivity index (χ0v) is 7.79. The van der Waals surface area contributed by atoms with Gasteiger partial charge < -0.3 is 21.1 Å². The van der Waals surface area contributed by atoms with Gasteiger partial charge in [0, 0.05) is 11.0 Å². The summed E-state index contributed by atoms with van der Waals surface area (Å²) in [5, 5.41) is 0.00787. The fraction of sp³-hybridized carbons (Fsp3) is 0.714. The number of hydrogen-bond acceptors (Lipinski definition) is 5. The Kier molecular flexibility index (Phi) is 5.96. The molecule has 0 spiro atoms. The molecular weight excluding hydrogens is 176 g/mol. The summed E-state index contributed by atoms with van der Waals surface area (Å²) in [5.74, 6) is 0.506. The summed E-state index contributed by atoms with van der Waals surface area (Å²) in [4.78, 5) is 20.3. The molecule has 0 aliphatic carbocycles. The number of carbonyl (C=O) groups is 2. The lowest BCUT2D eigenvalue weighted by atomic mass is 10.3. The van der Waals surface area contributed by atoms with Gasteiger partial charge in [0.25, 0.3) is 0 Å². The Labute approximate surface area is 76.1 Å². The molecule has 0 aromatic rings. The third kappa shape index (κ3) is 4.48. The second-order valence-electron chi connectivity index (χ2n) is 2.55. The first-order chi connectivity index (χ1) is 5.61. The molecule has 70 valence electrons. The Morgan fingerprint density at radius 3 is 2.33 bits per heavy atom. The molecule has 0 aliphatic rings. The summed E-state index contributed by atoms with van der Waals surface area (Å²) in [6.45, 7) is 1.83. The Balaban J connectivity index is 3.62. The normalized spacial score (nSPS) is 17.9. The summed E-state index contributed by atoms with van der Waals surface area (Å²) >= 11 is 1.43. The first-order valence-corrected chi connectivity index (χ1v) is 4.70. The lowest BCUT2D eigenvalue weighted by Gasteiger charge is -2.14. The van der Waals surface area contributed by atoms with Gasteiger partial charge in [0.2, 0.25) is 0 Å². The van der Waals surface area contributed by atoms with Crippen molar-refractivity contribution in [3.8, 4) is 0 Å². The smallest absolute Gasteiger partial charge is 0.137 e. The van der Waals surface area contributed by atoms with Crippen LogP contribution in [0.15, 0.2) is 0 Å². The summed E-state index contributed by atoms with van der Waals surface area (Å²) < 4.78 is 0. The molecule has 0 radical (unpaired) electrons. The molecule has 0 heterocycles. The fourth-order valence-electron chi connectivity index (χ4n) is 0.524. The average molecular weight is 190 g/mol. The van der Waals surface area contributed by atoms with Crippen LogP contribution in [0.25, 0.3) is 0 Å². The number of aldehydes is 2. The van der Waals surface area contributed by atoms with Crippen LogP contribution in [0.4, 0.5) is 0 Å². The molecular formula is C7H14N2O2S. The predicted octanol–water partition coefficient (Wildman–Crippen LogP) is -0.839. The SMILES string of the molecule is C[C@H](SC[C@H](N)C=O)[C@@H](N)C=O. The van der Waals surface area contributed by atoms with E-state index in [0.717, 1.165) is 0 Å². The molecule has 5 heteroatoms. The van der Waals surface area contributed by atoms with Crippen LogP contribution in [0.2, 0.25) is 0 Å². The fourth-order valence-corrected chi connectivity index (χ4v) is 1.41. The van der Waals surface area contributed by atoms with Crippen LogP contribution in [0.5, 0.6) is 0 Å². The summed E-state index contributed by atoms with van der Waals surface area (Å²) in [5.41, 5.74) is 10.8. The molecule has 0 aliphatic heterocycles. The molecule has 4 nitrogen and oxygen atoms in total. The maximum absolute atomic E-state index is 10.2. The monoisotopic (exact) mass is 190 g/mol. The third-order valence-corrected chi connectivity index (χ3v) is 2.84. The molecule has 0 aromatic heterocycles. The Morgan fingerprint density at radius 2 is 1.92 bits per heavy atom. The number of nitrogens with two attached hydrogens (primary N) is 2. The van der Waals surface area contributed by atoms with Crippen molar-refractivity contribution in [2.75, 3.05) is 5.75 Å². The van der Waals surface area contributed by atoms with E-state index in [9.17, 15) is 9.59 Å². The van der Waals surface area contributed by atoms with Crippen molar-refractivity contribution in [2.45, 2.75) is 24.3 Å². The molecule has 4 N–H and O–H groups in total. The van der Waals surface area contributed by atoms with Gasteiger partial charge in [0.15, 0.2) is 0 Å².